The molecule has 4 rings (SSSR count). The van der Waals surface area contributed by atoms with Crippen molar-refractivity contribution in [3.05, 3.63) is 65.4 Å². The van der Waals surface area contributed by atoms with Gasteiger partial charge in [0.15, 0.2) is 11.5 Å². The molecular formula is C24H18F3N3O4. The van der Waals surface area contributed by atoms with Gasteiger partial charge in [-0.2, -0.15) is 5.26 Å². The number of amides is 1. The quantitative estimate of drug-likeness (QED) is 0.482. The standard InChI is InChI=1S/C24H18F3N3O4/c25-16-2-1-14-8-22(34-21(14)9-16)20(32)7-15-12-29-6-5-18(15)19(31)3-4-23(33)30-13-24(26,27)10-17(30)11-28/h1-2,5-6,8-9,12,17H,3-4,7,10,13H2/t17-/m0/s1. The summed E-state index contributed by atoms with van der Waals surface area (Å²) in [6.07, 6.45) is 1.13. The smallest absolute Gasteiger partial charge is 0.268 e. The highest BCUT2D eigenvalue weighted by Crippen LogP contribution is 2.32. The molecule has 0 unspecified atom stereocenters. The lowest BCUT2D eigenvalue weighted by Crippen LogP contribution is -2.36. The number of fused-ring (bicyclic) bond motifs is 1. The summed E-state index contributed by atoms with van der Waals surface area (Å²) in [4.78, 5) is 42.6. The summed E-state index contributed by atoms with van der Waals surface area (Å²) in [5, 5.41) is 9.59. The third-order valence-electron chi connectivity index (χ3n) is 5.62. The Morgan fingerprint density at radius 3 is 2.74 bits per heavy atom. The topological polar surface area (TPSA) is 104 Å². The van der Waals surface area contributed by atoms with Crippen molar-refractivity contribution in [1.82, 2.24) is 9.88 Å². The van der Waals surface area contributed by atoms with Crippen LogP contribution in [-0.4, -0.2) is 45.9 Å². The van der Waals surface area contributed by atoms with Gasteiger partial charge >= 0.3 is 0 Å². The van der Waals surface area contributed by atoms with E-state index in [1.54, 1.807) is 6.07 Å². The number of likely N-dealkylation sites (tertiary alicyclic amines) is 1. The van der Waals surface area contributed by atoms with E-state index < -0.39 is 48.2 Å². The fraction of sp³-hybridized carbons (Fsp3) is 0.292. The number of hydrogen-bond donors (Lipinski definition) is 0. The third-order valence-corrected chi connectivity index (χ3v) is 5.62. The predicted molar refractivity (Wildman–Crippen MR) is 113 cm³/mol. The Kier molecular flexibility index (Phi) is 6.20. The number of benzene rings is 1. The van der Waals surface area contributed by atoms with Crippen molar-refractivity contribution >= 4 is 28.4 Å². The van der Waals surface area contributed by atoms with Gasteiger partial charge in [0.25, 0.3) is 5.92 Å². The van der Waals surface area contributed by atoms with Crippen LogP contribution in [0.5, 0.6) is 0 Å². The number of ketones is 2. The SMILES string of the molecule is N#C[C@@H]1CC(F)(F)CN1C(=O)CCC(=O)c1ccncc1CC(=O)c1cc2ccc(F)cc2o1. The Morgan fingerprint density at radius 1 is 1.18 bits per heavy atom. The van der Waals surface area contributed by atoms with Crippen molar-refractivity contribution in [2.75, 3.05) is 6.54 Å². The summed E-state index contributed by atoms with van der Waals surface area (Å²) < 4.78 is 46.0. The van der Waals surface area contributed by atoms with Gasteiger partial charge in [-0.15, -0.1) is 0 Å². The molecule has 3 heterocycles. The van der Waals surface area contributed by atoms with Crippen molar-refractivity contribution in [3.63, 3.8) is 0 Å². The Balaban J connectivity index is 1.44. The summed E-state index contributed by atoms with van der Waals surface area (Å²) in [7, 11) is 0. The lowest BCUT2D eigenvalue weighted by molar-refractivity contribution is -0.132. The van der Waals surface area contributed by atoms with Crippen molar-refractivity contribution in [2.45, 2.75) is 37.6 Å². The van der Waals surface area contributed by atoms with E-state index in [9.17, 15) is 27.6 Å². The third kappa shape index (κ3) is 4.83. The van der Waals surface area contributed by atoms with Crippen LogP contribution in [0.25, 0.3) is 11.0 Å². The first-order valence-electron chi connectivity index (χ1n) is 10.4. The lowest BCUT2D eigenvalue weighted by Gasteiger charge is -2.19. The first kappa shape index (κ1) is 23.2. The van der Waals surface area contributed by atoms with E-state index in [1.807, 2.05) is 0 Å². The minimum atomic E-state index is -3.14. The van der Waals surface area contributed by atoms with Crippen LogP contribution in [0.2, 0.25) is 0 Å². The monoisotopic (exact) mass is 469 g/mol. The Labute approximate surface area is 191 Å². The van der Waals surface area contributed by atoms with Crippen LogP contribution >= 0.6 is 0 Å². The molecule has 0 saturated carbocycles. The molecule has 10 heteroatoms. The van der Waals surface area contributed by atoms with E-state index in [-0.39, 0.29) is 36.2 Å². The van der Waals surface area contributed by atoms with Gasteiger partial charge < -0.3 is 9.32 Å². The zero-order valence-corrected chi connectivity index (χ0v) is 17.8. The molecule has 0 spiro atoms. The van der Waals surface area contributed by atoms with Crippen LogP contribution < -0.4 is 0 Å². The first-order valence-corrected chi connectivity index (χ1v) is 10.4. The fourth-order valence-corrected chi connectivity index (χ4v) is 3.94. The summed E-state index contributed by atoms with van der Waals surface area (Å²) in [6, 6.07) is 7.23. The van der Waals surface area contributed by atoms with E-state index in [4.69, 9.17) is 9.68 Å². The molecule has 1 atom stereocenters. The van der Waals surface area contributed by atoms with E-state index in [0.717, 1.165) is 11.0 Å². The van der Waals surface area contributed by atoms with Gasteiger partial charge in [0.1, 0.15) is 17.4 Å². The molecule has 34 heavy (non-hydrogen) atoms. The maximum atomic E-state index is 13.6. The van der Waals surface area contributed by atoms with Crippen LogP contribution in [0.3, 0.4) is 0 Å². The minimum Gasteiger partial charge on any atom is -0.453 e. The molecule has 0 bridgehead atoms. The van der Waals surface area contributed by atoms with Crippen molar-refractivity contribution in [1.29, 1.82) is 5.26 Å². The highest BCUT2D eigenvalue weighted by Gasteiger charge is 2.47. The Morgan fingerprint density at radius 2 is 1.97 bits per heavy atom. The number of aromatic nitrogens is 1. The largest absolute Gasteiger partial charge is 0.453 e. The number of rotatable bonds is 7. The molecule has 2 aromatic heterocycles. The van der Waals surface area contributed by atoms with Gasteiger partial charge in [-0.05, 0) is 29.8 Å². The number of halogens is 3. The molecular weight excluding hydrogens is 451 g/mol. The molecule has 1 aliphatic rings. The molecule has 1 amide bonds. The lowest BCUT2D eigenvalue weighted by atomic mass is 9.98. The van der Waals surface area contributed by atoms with Crippen LogP contribution in [0.4, 0.5) is 13.2 Å². The first-order chi connectivity index (χ1) is 16.2. The van der Waals surface area contributed by atoms with Crippen LogP contribution in [0.15, 0.2) is 47.1 Å². The van der Waals surface area contributed by atoms with E-state index in [0.29, 0.717) is 10.9 Å². The summed E-state index contributed by atoms with van der Waals surface area (Å²) in [6.45, 7) is -0.853. The molecule has 0 aliphatic carbocycles. The average Bonchev–Trinajstić information content (AvgIpc) is 3.37. The van der Waals surface area contributed by atoms with Gasteiger partial charge in [0.05, 0.1) is 12.6 Å². The normalized spacial score (nSPS) is 17.0. The molecule has 3 aromatic rings. The van der Waals surface area contributed by atoms with Crippen LogP contribution in [0.1, 0.15) is 45.7 Å². The predicted octanol–water partition coefficient (Wildman–Crippen LogP) is 4.11. The van der Waals surface area contributed by atoms with Crippen LogP contribution in [0, 0.1) is 17.1 Å². The molecule has 174 valence electrons. The number of carbonyl (C=O) groups is 3. The summed E-state index contributed by atoms with van der Waals surface area (Å²) in [5.41, 5.74) is 0.689. The van der Waals surface area contributed by atoms with Crippen molar-refractivity contribution in [2.24, 2.45) is 0 Å². The maximum Gasteiger partial charge on any atom is 0.268 e. The van der Waals surface area contributed by atoms with Crippen LogP contribution in [-0.2, 0) is 11.2 Å². The molecule has 1 fully saturated rings. The molecule has 0 N–H and O–H groups in total. The number of nitriles is 1. The fourth-order valence-electron chi connectivity index (χ4n) is 3.94. The van der Waals surface area contributed by atoms with E-state index in [1.165, 1.54) is 36.7 Å². The van der Waals surface area contributed by atoms with Gasteiger partial charge in [0, 0.05) is 55.1 Å². The van der Waals surface area contributed by atoms with E-state index >= 15 is 0 Å². The second kappa shape index (κ2) is 9.09. The number of hydrogen-bond acceptors (Lipinski definition) is 6. The molecule has 0 radical (unpaired) electrons. The van der Waals surface area contributed by atoms with Gasteiger partial charge in [-0.3, -0.25) is 19.4 Å². The number of pyridine rings is 1. The van der Waals surface area contributed by atoms with Gasteiger partial charge in [-0.1, -0.05) is 0 Å². The van der Waals surface area contributed by atoms with Gasteiger partial charge in [-0.25, -0.2) is 13.2 Å². The second-order valence-corrected chi connectivity index (χ2v) is 8.08. The highest BCUT2D eigenvalue weighted by molar-refractivity contribution is 6.03. The number of alkyl halides is 2. The average molecular weight is 469 g/mol. The molecule has 7 nitrogen and oxygen atoms in total. The highest BCUT2D eigenvalue weighted by atomic mass is 19.3. The van der Waals surface area contributed by atoms with Crippen molar-refractivity contribution in [3.8, 4) is 6.07 Å². The summed E-state index contributed by atoms with van der Waals surface area (Å²) in [5.74, 6) is -5.28. The number of furan rings is 1. The number of nitrogens with zero attached hydrogens (tertiary/aromatic N) is 3. The molecule has 1 saturated heterocycles. The van der Waals surface area contributed by atoms with Gasteiger partial charge in [0.2, 0.25) is 11.7 Å². The Hall–Kier alpha value is -4.00. The zero-order chi connectivity index (χ0) is 24.5. The van der Waals surface area contributed by atoms with E-state index in [2.05, 4.69) is 4.98 Å². The molecule has 1 aliphatic heterocycles. The maximum absolute atomic E-state index is 13.6. The Bertz CT molecular complexity index is 1330. The second-order valence-electron chi connectivity index (χ2n) is 8.08. The zero-order valence-electron chi connectivity index (χ0n) is 17.8. The molecule has 1 aromatic carbocycles. The minimum absolute atomic E-state index is 0.00413. The number of Topliss-reactive ketones (excluding diaryl/α,β-unsaturated/α-hetero) is 2. The number of carbonyl (C=O) groups excluding carboxylic acids is 3. The summed E-state index contributed by atoms with van der Waals surface area (Å²) >= 11 is 0. The van der Waals surface area contributed by atoms with Crippen molar-refractivity contribution < 1.29 is 32.0 Å².